The van der Waals surface area contributed by atoms with Gasteiger partial charge in [-0.15, -0.1) is 11.3 Å². The first-order chi connectivity index (χ1) is 8.18. The van der Waals surface area contributed by atoms with Crippen LogP contribution in [0.3, 0.4) is 0 Å². The number of aromatic carboxylic acids is 1. The molecule has 0 aliphatic heterocycles. The molecule has 1 aromatic heterocycles. The highest BCUT2D eigenvalue weighted by Gasteiger charge is 2.16. The van der Waals surface area contributed by atoms with Crippen LogP contribution in [-0.2, 0) is 6.61 Å². The Balaban J connectivity index is 2.21. The van der Waals surface area contributed by atoms with Gasteiger partial charge in [-0.3, -0.25) is 0 Å². The van der Waals surface area contributed by atoms with Gasteiger partial charge in [0.15, 0.2) is 0 Å². The molecule has 1 heterocycles. The first-order valence-corrected chi connectivity index (χ1v) is 5.73. The van der Waals surface area contributed by atoms with Gasteiger partial charge < -0.3 is 9.84 Å². The zero-order chi connectivity index (χ0) is 12.3. The number of hydrogen-bond acceptors (Lipinski definition) is 3. The van der Waals surface area contributed by atoms with E-state index in [9.17, 15) is 9.18 Å². The van der Waals surface area contributed by atoms with E-state index >= 15 is 0 Å². The van der Waals surface area contributed by atoms with Crippen molar-refractivity contribution in [3.05, 3.63) is 52.0 Å². The first kappa shape index (κ1) is 11.6. The molecule has 17 heavy (non-hydrogen) atoms. The fraction of sp³-hybridized carbons (Fsp3) is 0.0833. The summed E-state index contributed by atoms with van der Waals surface area (Å²) >= 11 is 1.49. The summed E-state index contributed by atoms with van der Waals surface area (Å²) in [5.41, 5.74) is -0.427. The minimum absolute atomic E-state index is 0.0471. The third kappa shape index (κ3) is 2.62. The summed E-state index contributed by atoms with van der Waals surface area (Å²) in [6.45, 7) is 0.238. The normalized spacial score (nSPS) is 10.2. The molecule has 1 N–H and O–H groups in total. The lowest BCUT2D eigenvalue weighted by atomic mass is 10.2. The van der Waals surface area contributed by atoms with Crippen LogP contribution in [0, 0.1) is 5.82 Å². The van der Waals surface area contributed by atoms with Crippen LogP contribution >= 0.6 is 11.3 Å². The molecular formula is C12H9FO3S. The highest BCUT2D eigenvalue weighted by molar-refractivity contribution is 7.09. The quantitative estimate of drug-likeness (QED) is 0.909. The maximum Gasteiger partial charge on any atom is 0.342 e. The molecule has 88 valence electrons. The second kappa shape index (κ2) is 4.97. The molecule has 0 saturated carbocycles. The van der Waals surface area contributed by atoms with Crippen LogP contribution in [0.5, 0.6) is 5.75 Å². The van der Waals surface area contributed by atoms with E-state index in [1.54, 1.807) is 0 Å². The molecule has 0 radical (unpaired) electrons. The molecule has 2 aromatic rings. The number of carboxylic acid groups (broad SMARTS) is 1. The Labute approximate surface area is 101 Å². The third-order valence-electron chi connectivity index (χ3n) is 2.14. The van der Waals surface area contributed by atoms with Crippen LogP contribution < -0.4 is 4.74 Å². The zero-order valence-corrected chi connectivity index (χ0v) is 9.54. The van der Waals surface area contributed by atoms with Gasteiger partial charge in [-0.2, -0.15) is 0 Å². The second-order valence-electron chi connectivity index (χ2n) is 3.29. The molecule has 0 spiro atoms. The predicted octanol–water partition coefficient (Wildman–Crippen LogP) is 3.16. The lowest BCUT2D eigenvalue weighted by molar-refractivity contribution is 0.0686. The molecular weight excluding hydrogens is 243 g/mol. The van der Waals surface area contributed by atoms with Crippen LogP contribution in [0.15, 0.2) is 35.7 Å². The number of carbonyl (C=O) groups is 1. The molecule has 0 saturated heterocycles. The van der Waals surface area contributed by atoms with Crippen molar-refractivity contribution in [1.82, 2.24) is 0 Å². The van der Waals surface area contributed by atoms with E-state index in [1.807, 2.05) is 17.5 Å². The van der Waals surface area contributed by atoms with E-state index < -0.39 is 17.3 Å². The lowest BCUT2D eigenvalue weighted by Gasteiger charge is -2.08. The topological polar surface area (TPSA) is 46.5 Å². The van der Waals surface area contributed by atoms with Gasteiger partial charge in [-0.1, -0.05) is 12.1 Å². The van der Waals surface area contributed by atoms with Gasteiger partial charge in [0.25, 0.3) is 0 Å². The highest BCUT2D eigenvalue weighted by Crippen LogP contribution is 2.23. The van der Waals surface area contributed by atoms with Gasteiger partial charge in [0.2, 0.25) is 0 Å². The van der Waals surface area contributed by atoms with E-state index in [-0.39, 0.29) is 12.4 Å². The van der Waals surface area contributed by atoms with Gasteiger partial charge >= 0.3 is 5.97 Å². The molecule has 3 nitrogen and oxygen atoms in total. The van der Waals surface area contributed by atoms with Gasteiger partial charge in [0.1, 0.15) is 23.7 Å². The lowest BCUT2D eigenvalue weighted by Crippen LogP contribution is -2.05. The Morgan fingerprint density at radius 2 is 2.18 bits per heavy atom. The van der Waals surface area contributed by atoms with Crippen LogP contribution in [0.4, 0.5) is 4.39 Å². The number of benzene rings is 1. The Morgan fingerprint density at radius 1 is 1.35 bits per heavy atom. The van der Waals surface area contributed by atoms with Crippen molar-refractivity contribution in [3.63, 3.8) is 0 Å². The summed E-state index contributed by atoms with van der Waals surface area (Å²) < 4.78 is 18.6. The summed E-state index contributed by atoms with van der Waals surface area (Å²) in [4.78, 5) is 11.8. The third-order valence-corrected chi connectivity index (χ3v) is 2.99. The number of hydrogen-bond donors (Lipinski definition) is 1. The fourth-order valence-corrected chi connectivity index (χ4v) is 1.99. The molecule has 0 aliphatic carbocycles. The molecule has 0 bridgehead atoms. The standard InChI is InChI=1S/C12H9FO3S/c13-9-4-1-5-10(11(9)12(14)15)16-7-8-3-2-6-17-8/h1-6H,7H2,(H,14,15). The van der Waals surface area contributed by atoms with Crippen molar-refractivity contribution in [2.75, 3.05) is 0 Å². The average Bonchev–Trinajstić information content (AvgIpc) is 2.78. The Hall–Kier alpha value is -1.88. The smallest absolute Gasteiger partial charge is 0.342 e. The SMILES string of the molecule is O=C(O)c1c(F)cccc1OCc1cccs1. The van der Waals surface area contributed by atoms with Crippen molar-refractivity contribution in [1.29, 1.82) is 0 Å². The van der Waals surface area contributed by atoms with Gasteiger partial charge in [-0.05, 0) is 23.6 Å². The average molecular weight is 252 g/mol. The zero-order valence-electron chi connectivity index (χ0n) is 8.72. The van der Waals surface area contributed by atoms with E-state index in [4.69, 9.17) is 9.84 Å². The van der Waals surface area contributed by atoms with E-state index in [1.165, 1.54) is 23.5 Å². The summed E-state index contributed by atoms with van der Waals surface area (Å²) in [6.07, 6.45) is 0. The molecule has 2 rings (SSSR count). The van der Waals surface area contributed by atoms with Gasteiger partial charge in [0.05, 0.1) is 0 Å². The van der Waals surface area contributed by atoms with E-state index in [0.29, 0.717) is 0 Å². The number of thiophene rings is 1. The molecule has 0 unspecified atom stereocenters. The van der Waals surface area contributed by atoms with Crippen molar-refractivity contribution >= 4 is 17.3 Å². The molecule has 0 atom stereocenters. The summed E-state index contributed by atoms with van der Waals surface area (Å²) in [5, 5.41) is 10.8. The fourth-order valence-electron chi connectivity index (χ4n) is 1.38. The molecule has 5 heteroatoms. The minimum atomic E-state index is -1.33. The summed E-state index contributed by atoms with van der Waals surface area (Å²) in [7, 11) is 0. The van der Waals surface area contributed by atoms with Crippen molar-refractivity contribution < 1.29 is 19.0 Å². The summed E-state index contributed by atoms with van der Waals surface area (Å²) in [6, 6.07) is 7.70. The number of halogens is 1. The predicted molar refractivity (Wildman–Crippen MR) is 62.0 cm³/mol. The Bertz CT molecular complexity index is 523. The van der Waals surface area contributed by atoms with Crippen LogP contribution in [0.1, 0.15) is 15.2 Å². The van der Waals surface area contributed by atoms with Gasteiger partial charge in [-0.25, -0.2) is 9.18 Å². The van der Waals surface area contributed by atoms with Gasteiger partial charge in [0, 0.05) is 4.88 Å². The van der Waals surface area contributed by atoms with Crippen molar-refractivity contribution in [2.45, 2.75) is 6.61 Å². The number of ether oxygens (including phenoxy) is 1. The van der Waals surface area contributed by atoms with E-state index in [2.05, 4.69) is 0 Å². The monoisotopic (exact) mass is 252 g/mol. The summed E-state index contributed by atoms with van der Waals surface area (Å²) in [5.74, 6) is -2.07. The van der Waals surface area contributed by atoms with E-state index in [0.717, 1.165) is 10.9 Å². The highest BCUT2D eigenvalue weighted by atomic mass is 32.1. The van der Waals surface area contributed by atoms with Crippen LogP contribution in [-0.4, -0.2) is 11.1 Å². The van der Waals surface area contributed by atoms with Crippen molar-refractivity contribution in [2.24, 2.45) is 0 Å². The van der Waals surface area contributed by atoms with Crippen LogP contribution in [0.25, 0.3) is 0 Å². The maximum atomic E-state index is 13.3. The maximum absolute atomic E-state index is 13.3. The Kier molecular flexibility index (Phi) is 3.39. The largest absolute Gasteiger partial charge is 0.487 e. The molecule has 0 amide bonds. The Morgan fingerprint density at radius 3 is 2.82 bits per heavy atom. The molecule has 0 fully saturated rings. The number of carboxylic acids is 1. The molecule has 0 aliphatic rings. The second-order valence-corrected chi connectivity index (χ2v) is 4.32. The molecule has 1 aromatic carbocycles. The van der Waals surface area contributed by atoms with Crippen molar-refractivity contribution in [3.8, 4) is 5.75 Å². The van der Waals surface area contributed by atoms with Crippen LogP contribution in [0.2, 0.25) is 0 Å². The first-order valence-electron chi connectivity index (χ1n) is 4.85. The number of rotatable bonds is 4. The minimum Gasteiger partial charge on any atom is -0.487 e.